The molecule has 0 spiro atoms. The van der Waals surface area contributed by atoms with Gasteiger partial charge in [-0.1, -0.05) is 23.2 Å². The maximum absolute atomic E-state index is 12.5. The Balaban J connectivity index is 2.27. The van der Waals surface area contributed by atoms with E-state index in [9.17, 15) is 39.6 Å². The summed E-state index contributed by atoms with van der Waals surface area (Å²) in [4.78, 5) is 13.6. The highest BCUT2D eigenvalue weighted by Crippen LogP contribution is 2.28. The van der Waals surface area contributed by atoms with Crippen molar-refractivity contribution in [3.05, 3.63) is 52.0 Å². The summed E-state index contributed by atoms with van der Waals surface area (Å²) in [6.45, 7) is -3.58. The van der Waals surface area contributed by atoms with Crippen molar-refractivity contribution in [1.82, 2.24) is 10.3 Å². The monoisotopic (exact) mass is 540 g/mol. The van der Waals surface area contributed by atoms with Gasteiger partial charge in [0.25, 0.3) is 15.9 Å². The molecule has 0 bridgehead atoms. The molecule has 1 amide bonds. The quantitative estimate of drug-likeness (QED) is 0.380. The number of alkyl halides is 6. The zero-order valence-corrected chi connectivity index (χ0v) is 18.2. The van der Waals surface area contributed by atoms with Crippen molar-refractivity contribution in [3.63, 3.8) is 0 Å². The van der Waals surface area contributed by atoms with Crippen LogP contribution in [0.3, 0.4) is 0 Å². The van der Waals surface area contributed by atoms with Crippen molar-refractivity contribution in [3.8, 4) is 11.5 Å². The van der Waals surface area contributed by atoms with Crippen LogP contribution in [0.15, 0.2) is 41.3 Å². The maximum Gasteiger partial charge on any atom is 0.422 e. The van der Waals surface area contributed by atoms with Crippen LogP contribution in [0.5, 0.6) is 11.5 Å². The molecule has 0 atom stereocenters. The Kier molecular flexibility index (Phi) is 8.32. The highest BCUT2D eigenvalue weighted by Gasteiger charge is 2.31. The van der Waals surface area contributed by atoms with Crippen molar-refractivity contribution in [2.24, 2.45) is 0 Å². The van der Waals surface area contributed by atoms with E-state index in [4.69, 9.17) is 23.2 Å². The minimum Gasteiger partial charge on any atom is -0.484 e. The van der Waals surface area contributed by atoms with Gasteiger partial charge in [0.2, 0.25) is 0 Å². The van der Waals surface area contributed by atoms with Gasteiger partial charge in [-0.05, 0) is 36.4 Å². The predicted molar refractivity (Wildman–Crippen MR) is 104 cm³/mol. The van der Waals surface area contributed by atoms with E-state index in [1.54, 1.807) is 10.3 Å². The number of hydrogen-bond donors (Lipinski definition) is 2. The lowest BCUT2D eigenvalue weighted by atomic mass is 10.2. The fraction of sp³-hybridized carbons (Fsp3) is 0.235. The molecule has 2 N–H and O–H groups in total. The van der Waals surface area contributed by atoms with Crippen LogP contribution in [0, 0.1) is 0 Å². The van der Waals surface area contributed by atoms with E-state index in [1.165, 1.54) is 6.07 Å². The Morgan fingerprint density at radius 1 is 0.909 bits per heavy atom. The molecule has 7 nitrogen and oxygen atoms in total. The Hall–Kier alpha value is -2.42. The van der Waals surface area contributed by atoms with Gasteiger partial charge in [0, 0.05) is 5.02 Å². The van der Waals surface area contributed by atoms with E-state index in [0.29, 0.717) is 6.07 Å². The largest absolute Gasteiger partial charge is 0.484 e. The Morgan fingerprint density at radius 3 is 2.09 bits per heavy atom. The predicted octanol–water partition coefficient (Wildman–Crippen LogP) is 4.50. The smallest absolute Gasteiger partial charge is 0.422 e. The van der Waals surface area contributed by atoms with Crippen LogP contribution < -0.4 is 19.7 Å². The first-order valence-corrected chi connectivity index (χ1v) is 10.6. The maximum atomic E-state index is 12.5. The zero-order chi connectivity index (χ0) is 25.0. The summed E-state index contributed by atoms with van der Waals surface area (Å²) in [6.07, 6.45) is -9.53. The summed E-state index contributed by atoms with van der Waals surface area (Å²) in [5.74, 6) is -2.60. The van der Waals surface area contributed by atoms with Crippen LogP contribution in [0.25, 0.3) is 0 Å². The number of carbonyl (C=O) groups is 1. The van der Waals surface area contributed by atoms with Gasteiger partial charge in [-0.15, -0.1) is 4.83 Å². The van der Waals surface area contributed by atoms with E-state index >= 15 is 0 Å². The molecule has 33 heavy (non-hydrogen) atoms. The molecule has 0 radical (unpaired) electrons. The number of ether oxygens (including phenoxy) is 2. The van der Waals surface area contributed by atoms with Crippen molar-refractivity contribution in [2.45, 2.75) is 17.2 Å². The van der Waals surface area contributed by atoms with Crippen molar-refractivity contribution in [2.75, 3.05) is 13.2 Å². The molecule has 0 heterocycles. The molecule has 0 aromatic heterocycles. The molecule has 0 aliphatic rings. The van der Waals surface area contributed by atoms with Crippen LogP contribution in [0.1, 0.15) is 10.4 Å². The van der Waals surface area contributed by atoms with E-state index in [2.05, 4.69) is 9.47 Å². The molecule has 2 aromatic rings. The van der Waals surface area contributed by atoms with Crippen LogP contribution in [-0.2, 0) is 10.0 Å². The fourth-order valence-corrected chi connectivity index (χ4v) is 3.77. The third-order valence-corrected chi connectivity index (χ3v) is 5.44. The number of sulfonamides is 1. The number of rotatable bonds is 8. The van der Waals surface area contributed by atoms with Gasteiger partial charge in [-0.2, -0.15) is 26.3 Å². The lowest BCUT2D eigenvalue weighted by Crippen LogP contribution is -2.41. The third-order valence-electron chi connectivity index (χ3n) is 3.47. The molecule has 2 rings (SSSR count). The molecule has 0 saturated carbocycles. The lowest BCUT2D eigenvalue weighted by molar-refractivity contribution is -0.154. The second-order valence-corrected chi connectivity index (χ2v) is 8.59. The first kappa shape index (κ1) is 26.8. The molecule has 16 heteroatoms. The van der Waals surface area contributed by atoms with E-state index in [1.807, 2.05) is 0 Å². The molecule has 0 aliphatic heterocycles. The number of nitrogens with one attached hydrogen (secondary N) is 2. The molecular weight excluding hydrogens is 529 g/mol. The third kappa shape index (κ3) is 8.46. The molecule has 0 unspecified atom stereocenters. The van der Waals surface area contributed by atoms with E-state index in [-0.39, 0.29) is 10.0 Å². The van der Waals surface area contributed by atoms with Crippen LogP contribution in [-0.4, -0.2) is 39.9 Å². The average molecular weight is 541 g/mol. The zero-order valence-electron chi connectivity index (χ0n) is 15.9. The van der Waals surface area contributed by atoms with E-state index < -0.39 is 63.5 Å². The van der Waals surface area contributed by atoms with Gasteiger partial charge in [0.05, 0.1) is 10.6 Å². The average Bonchev–Trinajstić information content (AvgIpc) is 2.67. The molecular formula is C17H12Cl2F6N2O5S. The second-order valence-electron chi connectivity index (χ2n) is 6.10. The minimum absolute atomic E-state index is 0.116. The SMILES string of the molecule is O=C(NNS(=O)(=O)c1ccc(Cl)cc1Cl)c1cc(OCC(F)(F)F)ccc1OCC(F)(F)F. The second kappa shape index (κ2) is 10.2. The van der Waals surface area contributed by atoms with Crippen molar-refractivity contribution in [1.29, 1.82) is 0 Å². The van der Waals surface area contributed by atoms with Crippen LogP contribution in [0.4, 0.5) is 26.3 Å². The number of carbonyl (C=O) groups excluding carboxylic acids is 1. The molecule has 0 saturated heterocycles. The fourth-order valence-electron chi connectivity index (χ4n) is 2.16. The van der Waals surface area contributed by atoms with Crippen LogP contribution >= 0.6 is 23.2 Å². The van der Waals surface area contributed by atoms with Gasteiger partial charge in [0.1, 0.15) is 16.4 Å². The number of hydrazine groups is 1. The Labute approximate surface area is 192 Å². The van der Waals surface area contributed by atoms with Gasteiger partial charge in [0.15, 0.2) is 13.2 Å². The van der Waals surface area contributed by atoms with Gasteiger partial charge >= 0.3 is 12.4 Å². The normalized spacial score (nSPS) is 12.4. The summed E-state index contributed by atoms with van der Waals surface area (Å²) in [7, 11) is -4.47. The molecule has 0 fully saturated rings. The summed E-state index contributed by atoms with van der Waals surface area (Å²) >= 11 is 11.5. The van der Waals surface area contributed by atoms with Gasteiger partial charge in [-0.3, -0.25) is 10.2 Å². The highest BCUT2D eigenvalue weighted by atomic mass is 35.5. The summed E-state index contributed by atoms with van der Waals surface area (Å²) < 4.78 is 108. The topological polar surface area (TPSA) is 93.7 Å². The number of halogens is 8. The van der Waals surface area contributed by atoms with Crippen molar-refractivity contribution < 1.29 is 49.0 Å². The summed E-state index contributed by atoms with van der Waals surface area (Å²) in [6, 6.07) is 5.56. The van der Waals surface area contributed by atoms with Gasteiger partial charge < -0.3 is 9.47 Å². The lowest BCUT2D eigenvalue weighted by Gasteiger charge is -2.16. The number of hydrogen-bond acceptors (Lipinski definition) is 5. The first-order chi connectivity index (χ1) is 15.1. The molecule has 0 aliphatic carbocycles. The Bertz CT molecular complexity index is 1130. The summed E-state index contributed by atoms with van der Waals surface area (Å²) in [5, 5.41) is -0.189. The summed E-state index contributed by atoms with van der Waals surface area (Å²) in [5.41, 5.74) is 0.963. The highest BCUT2D eigenvalue weighted by molar-refractivity contribution is 7.89. The first-order valence-electron chi connectivity index (χ1n) is 8.38. The standard InChI is InChI=1S/C17H12Cl2F6N2O5S/c18-9-1-4-14(12(19)5-9)33(29,30)27-26-15(28)11-6-10(31-7-16(20,21)22)2-3-13(11)32-8-17(23,24)25/h1-6,27H,7-8H2,(H,26,28). The number of amides is 1. The van der Waals surface area contributed by atoms with Gasteiger partial charge in [-0.25, -0.2) is 8.42 Å². The molecule has 182 valence electrons. The Morgan fingerprint density at radius 2 is 1.52 bits per heavy atom. The van der Waals surface area contributed by atoms with E-state index in [0.717, 1.165) is 24.3 Å². The minimum atomic E-state index is -4.80. The van der Waals surface area contributed by atoms with Crippen LogP contribution in [0.2, 0.25) is 10.0 Å². The number of benzene rings is 2. The molecule has 2 aromatic carbocycles. The van der Waals surface area contributed by atoms with Crippen molar-refractivity contribution >= 4 is 39.1 Å².